The van der Waals surface area contributed by atoms with Crippen molar-refractivity contribution in [1.82, 2.24) is 4.90 Å². The molecule has 0 saturated heterocycles. The first kappa shape index (κ1) is 21.5. The van der Waals surface area contributed by atoms with Crippen LogP contribution in [-0.2, 0) is 14.6 Å². The van der Waals surface area contributed by atoms with Gasteiger partial charge in [-0.2, -0.15) is 0 Å². The average Bonchev–Trinajstić information content (AvgIpc) is 2.69. The minimum atomic E-state index is -3.24. The zero-order valence-electron chi connectivity index (χ0n) is 16.7. The van der Waals surface area contributed by atoms with Gasteiger partial charge in [0.15, 0.2) is 9.84 Å². The fourth-order valence-electron chi connectivity index (χ4n) is 2.62. The molecule has 0 aliphatic carbocycles. The van der Waals surface area contributed by atoms with E-state index in [2.05, 4.69) is 0 Å². The third-order valence-electron chi connectivity index (χ3n) is 4.51. The molecule has 0 aromatic heterocycles. The number of sulfone groups is 1. The smallest absolute Gasteiger partial charge is 0.246 e. The molecule has 1 atom stereocenters. The second-order valence-corrected chi connectivity index (χ2v) is 8.46. The Morgan fingerprint density at radius 2 is 1.57 bits per heavy atom. The molecular formula is C21H25NO5S. The van der Waals surface area contributed by atoms with Crippen molar-refractivity contribution in [1.29, 1.82) is 0 Å². The highest BCUT2D eigenvalue weighted by atomic mass is 32.2. The Balaban J connectivity index is 2.14. The maximum absolute atomic E-state index is 12.5. The number of carbonyl (C=O) groups is 1. The van der Waals surface area contributed by atoms with Crippen LogP contribution in [0.5, 0.6) is 11.5 Å². The normalized spacial score (nSPS) is 12.6. The number of likely N-dealkylation sites (N-methyl/N-ethyl adjacent to an activating group) is 1. The van der Waals surface area contributed by atoms with E-state index < -0.39 is 9.84 Å². The highest BCUT2D eigenvalue weighted by molar-refractivity contribution is 7.90. The molecule has 1 unspecified atom stereocenters. The quantitative estimate of drug-likeness (QED) is 0.663. The molecule has 2 rings (SSSR count). The standard InChI is InChI=1S/C21H25NO5S/c1-15(17-7-9-20(10-8-17)28(5,24)25)22(2)21(23)11-6-16-12-18(26-3)14-19(13-16)27-4/h6-15H,1-5H3/b11-6+. The minimum absolute atomic E-state index is 0.179. The maximum Gasteiger partial charge on any atom is 0.246 e. The van der Waals surface area contributed by atoms with Crippen LogP contribution in [0.2, 0.25) is 0 Å². The number of rotatable bonds is 7. The first-order valence-electron chi connectivity index (χ1n) is 8.63. The Labute approximate surface area is 166 Å². The van der Waals surface area contributed by atoms with Gasteiger partial charge in [-0.25, -0.2) is 8.42 Å². The summed E-state index contributed by atoms with van der Waals surface area (Å²) in [6, 6.07) is 11.7. The number of benzene rings is 2. The van der Waals surface area contributed by atoms with Gasteiger partial charge >= 0.3 is 0 Å². The van der Waals surface area contributed by atoms with Crippen LogP contribution in [0, 0.1) is 0 Å². The van der Waals surface area contributed by atoms with Crippen molar-refractivity contribution >= 4 is 21.8 Å². The summed E-state index contributed by atoms with van der Waals surface area (Å²) in [5, 5.41) is 0. The lowest BCUT2D eigenvalue weighted by atomic mass is 10.1. The van der Waals surface area contributed by atoms with Gasteiger partial charge in [0.2, 0.25) is 5.91 Å². The fraction of sp³-hybridized carbons (Fsp3) is 0.286. The summed E-state index contributed by atoms with van der Waals surface area (Å²) in [6.07, 6.45) is 4.35. The molecule has 0 aliphatic rings. The zero-order chi connectivity index (χ0) is 20.9. The summed E-state index contributed by atoms with van der Waals surface area (Å²) >= 11 is 0. The molecule has 1 amide bonds. The maximum atomic E-state index is 12.5. The van der Waals surface area contributed by atoms with Crippen LogP contribution in [0.4, 0.5) is 0 Å². The highest BCUT2D eigenvalue weighted by Gasteiger charge is 2.16. The molecule has 0 N–H and O–H groups in total. The number of carbonyl (C=O) groups excluding carboxylic acids is 1. The van der Waals surface area contributed by atoms with Crippen LogP contribution in [-0.4, -0.2) is 46.7 Å². The molecule has 0 aliphatic heterocycles. The van der Waals surface area contributed by atoms with Crippen LogP contribution in [0.3, 0.4) is 0 Å². The number of ether oxygens (including phenoxy) is 2. The van der Waals surface area contributed by atoms with Crippen molar-refractivity contribution in [2.45, 2.75) is 17.9 Å². The SMILES string of the molecule is COc1cc(/C=C/C(=O)N(C)C(C)c2ccc(S(C)(=O)=O)cc2)cc(OC)c1. The third-order valence-corrected chi connectivity index (χ3v) is 5.64. The Hall–Kier alpha value is -2.80. The first-order chi connectivity index (χ1) is 13.2. The molecule has 150 valence electrons. The summed E-state index contributed by atoms with van der Waals surface area (Å²) in [5.74, 6) is 1.10. The number of nitrogens with zero attached hydrogens (tertiary/aromatic N) is 1. The zero-order valence-corrected chi connectivity index (χ0v) is 17.5. The van der Waals surface area contributed by atoms with Crippen molar-refractivity contribution in [3.63, 3.8) is 0 Å². The Bertz CT molecular complexity index is 943. The van der Waals surface area contributed by atoms with E-state index in [0.29, 0.717) is 11.5 Å². The largest absolute Gasteiger partial charge is 0.497 e. The molecule has 0 saturated carbocycles. The van der Waals surface area contributed by atoms with Crippen molar-refractivity contribution in [3.05, 3.63) is 59.7 Å². The number of methoxy groups -OCH3 is 2. The molecule has 0 bridgehead atoms. The van der Waals surface area contributed by atoms with Gasteiger partial charge in [-0.3, -0.25) is 4.79 Å². The van der Waals surface area contributed by atoms with Crippen molar-refractivity contribution in [2.24, 2.45) is 0 Å². The monoisotopic (exact) mass is 403 g/mol. The van der Waals surface area contributed by atoms with E-state index >= 15 is 0 Å². The van der Waals surface area contributed by atoms with Gasteiger partial charge in [0.05, 0.1) is 25.2 Å². The molecule has 6 nitrogen and oxygen atoms in total. The number of hydrogen-bond donors (Lipinski definition) is 0. The number of amides is 1. The van der Waals surface area contributed by atoms with Crippen molar-refractivity contribution in [2.75, 3.05) is 27.5 Å². The Morgan fingerprint density at radius 3 is 2.04 bits per heavy atom. The summed E-state index contributed by atoms with van der Waals surface area (Å²) in [7, 11) is 1.59. The van der Waals surface area contributed by atoms with Crippen molar-refractivity contribution < 1.29 is 22.7 Å². The van der Waals surface area contributed by atoms with Gasteiger partial charge in [-0.1, -0.05) is 12.1 Å². The molecule has 2 aromatic rings. The first-order valence-corrected chi connectivity index (χ1v) is 10.5. The van der Waals surface area contributed by atoms with E-state index in [0.717, 1.165) is 11.1 Å². The molecule has 0 radical (unpaired) electrons. The van der Waals surface area contributed by atoms with Crippen LogP contribution in [0.15, 0.2) is 53.4 Å². The van der Waals surface area contributed by atoms with Crippen LogP contribution < -0.4 is 9.47 Å². The van der Waals surface area contributed by atoms with E-state index in [-0.39, 0.29) is 16.8 Å². The molecule has 0 heterocycles. The third kappa shape index (κ3) is 5.36. The lowest BCUT2D eigenvalue weighted by Crippen LogP contribution is -2.28. The molecule has 2 aromatic carbocycles. The van der Waals surface area contributed by atoms with Gasteiger partial charge in [0, 0.05) is 25.4 Å². The topological polar surface area (TPSA) is 72.9 Å². The molecular weight excluding hydrogens is 378 g/mol. The van der Waals surface area contributed by atoms with Gasteiger partial charge in [-0.15, -0.1) is 0 Å². The predicted molar refractivity (Wildman–Crippen MR) is 109 cm³/mol. The Kier molecular flexibility index (Phi) is 6.85. The average molecular weight is 404 g/mol. The van der Waals surface area contributed by atoms with Crippen LogP contribution in [0.1, 0.15) is 24.1 Å². The van der Waals surface area contributed by atoms with Crippen LogP contribution in [0.25, 0.3) is 6.08 Å². The van der Waals surface area contributed by atoms with E-state index in [4.69, 9.17) is 9.47 Å². The lowest BCUT2D eigenvalue weighted by Gasteiger charge is -2.24. The second-order valence-electron chi connectivity index (χ2n) is 6.45. The summed E-state index contributed by atoms with van der Waals surface area (Å²) in [5.41, 5.74) is 1.63. The molecule has 7 heteroatoms. The van der Waals surface area contributed by atoms with E-state index in [1.54, 1.807) is 74.7 Å². The summed E-state index contributed by atoms with van der Waals surface area (Å²) < 4.78 is 33.6. The summed E-state index contributed by atoms with van der Waals surface area (Å²) in [6.45, 7) is 1.88. The molecule has 0 fully saturated rings. The second kappa shape index (κ2) is 8.93. The van der Waals surface area contributed by atoms with E-state index in [9.17, 15) is 13.2 Å². The number of hydrogen-bond acceptors (Lipinski definition) is 5. The fourth-order valence-corrected chi connectivity index (χ4v) is 3.25. The van der Waals surface area contributed by atoms with Gasteiger partial charge in [-0.05, 0) is 48.4 Å². The van der Waals surface area contributed by atoms with Crippen molar-refractivity contribution in [3.8, 4) is 11.5 Å². The van der Waals surface area contributed by atoms with Gasteiger partial charge in [0.1, 0.15) is 11.5 Å². The molecule has 0 spiro atoms. The van der Waals surface area contributed by atoms with Gasteiger partial charge in [0.25, 0.3) is 0 Å². The minimum Gasteiger partial charge on any atom is -0.497 e. The lowest BCUT2D eigenvalue weighted by molar-refractivity contribution is -0.126. The van der Waals surface area contributed by atoms with E-state index in [1.165, 1.54) is 12.3 Å². The predicted octanol–water partition coefficient (Wildman–Crippen LogP) is 3.34. The molecule has 28 heavy (non-hydrogen) atoms. The van der Waals surface area contributed by atoms with E-state index in [1.807, 2.05) is 6.92 Å². The summed E-state index contributed by atoms with van der Waals surface area (Å²) in [4.78, 5) is 14.4. The highest BCUT2D eigenvalue weighted by Crippen LogP contribution is 2.24. The Morgan fingerprint density at radius 1 is 1.04 bits per heavy atom. The van der Waals surface area contributed by atoms with Crippen LogP contribution >= 0.6 is 0 Å². The van der Waals surface area contributed by atoms with Gasteiger partial charge < -0.3 is 14.4 Å².